The quantitative estimate of drug-likeness (QED) is 0.812. The van der Waals surface area contributed by atoms with Gasteiger partial charge in [-0.15, -0.1) is 6.54 Å². The molecule has 2 heteroatoms. The van der Waals surface area contributed by atoms with Crippen molar-refractivity contribution in [1.82, 2.24) is 0 Å². The second kappa shape index (κ2) is 6.57. The van der Waals surface area contributed by atoms with E-state index in [4.69, 9.17) is 0 Å². The molecule has 0 unspecified atom stereocenters. The van der Waals surface area contributed by atoms with Crippen LogP contribution in [0.4, 0.5) is 0 Å². The number of hydrogen-bond donors (Lipinski definition) is 0. The minimum Gasteiger partial charge on any atom is -0.665 e. The summed E-state index contributed by atoms with van der Waals surface area (Å²) >= 11 is 0. The molecule has 0 aliphatic carbocycles. The molecule has 0 bridgehead atoms. The zero-order valence-corrected chi connectivity index (χ0v) is 9.59. The van der Waals surface area contributed by atoms with Crippen molar-refractivity contribution in [3.63, 3.8) is 0 Å². The van der Waals surface area contributed by atoms with Gasteiger partial charge in [-0.3, -0.25) is 0 Å². The van der Waals surface area contributed by atoms with Crippen LogP contribution in [-0.2, 0) is 27.5 Å². The monoisotopic (exact) mass is 318 g/mol. The van der Waals surface area contributed by atoms with Crippen molar-refractivity contribution in [3.05, 3.63) is 41.2 Å². The minimum atomic E-state index is 0. The van der Waals surface area contributed by atoms with Crippen molar-refractivity contribution in [2.45, 2.75) is 6.42 Å². The molecular formula is C9H12NW-. The van der Waals surface area contributed by atoms with Crippen LogP contribution >= 0.6 is 0 Å². The Kier molecular flexibility index (Phi) is 6.49. The Morgan fingerprint density at radius 1 is 1.18 bits per heavy atom. The molecule has 0 spiro atoms. The van der Waals surface area contributed by atoms with Gasteiger partial charge in [0.2, 0.25) is 0 Å². The van der Waals surface area contributed by atoms with Gasteiger partial charge in [0.1, 0.15) is 0 Å². The fraction of sp³-hybridized carbons (Fsp3) is 0.333. The van der Waals surface area contributed by atoms with Crippen LogP contribution in [-0.4, -0.2) is 13.6 Å². The van der Waals surface area contributed by atoms with E-state index < -0.39 is 0 Å². The molecule has 0 heterocycles. The number of hydrogen-bond acceptors (Lipinski definition) is 0. The topological polar surface area (TPSA) is 14.1 Å². The van der Waals surface area contributed by atoms with Gasteiger partial charge in [-0.05, 0) is 12.0 Å². The first-order valence-corrected chi connectivity index (χ1v) is 3.53. The molecule has 0 aliphatic rings. The molecule has 0 aliphatic heterocycles. The van der Waals surface area contributed by atoms with Gasteiger partial charge in [0.05, 0.1) is 0 Å². The largest absolute Gasteiger partial charge is 0.665 e. The third-order valence-corrected chi connectivity index (χ3v) is 1.47. The number of likely N-dealkylation sites (N-methyl/N-ethyl adjacent to an activating group) is 1. The zero-order chi connectivity index (χ0) is 7.23. The van der Waals surface area contributed by atoms with E-state index in [1.165, 1.54) is 5.56 Å². The standard InChI is InChI=1S/C9H12N.W/c1-10-8-7-9-5-3-2-4-6-9;/h2-6H,7-8H2,1H3;/q-1;. The van der Waals surface area contributed by atoms with E-state index in [-0.39, 0.29) is 21.1 Å². The molecule has 1 nitrogen and oxygen atoms in total. The van der Waals surface area contributed by atoms with Crippen molar-refractivity contribution in [2.24, 2.45) is 0 Å². The van der Waals surface area contributed by atoms with Crippen LogP contribution in [0.5, 0.6) is 0 Å². The van der Waals surface area contributed by atoms with Crippen LogP contribution in [0.25, 0.3) is 5.32 Å². The molecule has 0 fully saturated rings. The minimum absolute atomic E-state index is 0. The Morgan fingerprint density at radius 3 is 2.36 bits per heavy atom. The Morgan fingerprint density at radius 2 is 1.82 bits per heavy atom. The molecule has 0 saturated heterocycles. The smallest absolute Gasteiger partial charge is 0 e. The Balaban J connectivity index is 0.000001000. The second-order valence-corrected chi connectivity index (χ2v) is 2.28. The van der Waals surface area contributed by atoms with Crippen LogP contribution in [0.1, 0.15) is 5.56 Å². The van der Waals surface area contributed by atoms with Crippen LogP contribution in [0.3, 0.4) is 0 Å². The first-order valence-electron chi connectivity index (χ1n) is 3.53. The van der Waals surface area contributed by atoms with Gasteiger partial charge in [-0.25, -0.2) is 0 Å². The molecule has 1 rings (SSSR count). The average Bonchev–Trinajstić information content (AvgIpc) is 2.03. The summed E-state index contributed by atoms with van der Waals surface area (Å²) in [4.78, 5) is 0. The van der Waals surface area contributed by atoms with Gasteiger partial charge >= 0.3 is 0 Å². The van der Waals surface area contributed by atoms with Gasteiger partial charge in [-0.2, -0.15) is 7.05 Å². The van der Waals surface area contributed by atoms with Gasteiger partial charge < -0.3 is 5.32 Å². The van der Waals surface area contributed by atoms with Gasteiger partial charge in [0, 0.05) is 21.1 Å². The van der Waals surface area contributed by atoms with Crippen molar-refractivity contribution >= 4 is 0 Å². The molecule has 0 saturated carbocycles. The third kappa shape index (κ3) is 4.34. The molecule has 1 aromatic rings. The summed E-state index contributed by atoms with van der Waals surface area (Å²) in [6.45, 7) is 0.935. The van der Waals surface area contributed by atoms with E-state index >= 15 is 0 Å². The van der Waals surface area contributed by atoms with E-state index in [1.807, 2.05) is 13.1 Å². The first-order chi connectivity index (χ1) is 4.93. The summed E-state index contributed by atoms with van der Waals surface area (Å²) in [5.41, 5.74) is 1.37. The molecule has 0 amide bonds. The Bertz CT molecular complexity index is 174. The van der Waals surface area contributed by atoms with Crippen molar-refractivity contribution in [2.75, 3.05) is 13.6 Å². The van der Waals surface area contributed by atoms with Crippen LogP contribution < -0.4 is 0 Å². The van der Waals surface area contributed by atoms with Crippen molar-refractivity contribution in [1.29, 1.82) is 0 Å². The van der Waals surface area contributed by atoms with E-state index in [9.17, 15) is 0 Å². The molecule has 0 radical (unpaired) electrons. The van der Waals surface area contributed by atoms with Crippen LogP contribution in [0, 0.1) is 0 Å². The molecule has 0 atom stereocenters. The van der Waals surface area contributed by atoms with Gasteiger partial charge in [0.25, 0.3) is 0 Å². The summed E-state index contributed by atoms with van der Waals surface area (Å²) in [6.07, 6.45) is 1.07. The average molecular weight is 318 g/mol. The van der Waals surface area contributed by atoms with Crippen molar-refractivity contribution in [3.8, 4) is 0 Å². The maximum Gasteiger partial charge on any atom is 0 e. The fourth-order valence-electron chi connectivity index (χ4n) is 0.886. The maximum atomic E-state index is 4.03. The summed E-state index contributed by atoms with van der Waals surface area (Å²) in [7, 11) is 1.85. The third-order valence-electron chi connectivity index (χ3n) is 1.47. The van der Waals surface area contributed by atoms with Crippen LogP contribution in [0.15, 0.2) is 30.3 Å². The van der Waals surface area contributed by atoms with Crippen molar-refractivity contribution < 1.29 is 21.1 Å². The Labute approximate surface area is 82.5 Å². The van der Waals surface area contributed by atoms with Crippen LogP contribution in [0.2, 0.25) is 0 Å². The predicted octanol–water partition coefficient (Wildman–Crippen LogP) is 2.23. The molecule has 0 N–H and O–H groups in total. The predicted molar refractivity (Wildman–Crippen MR) is 44.3 cm³/mol. The van der Waals surface area contributed by atoms with Gasteiger partial charge in [-0.1, -0.05) is 30.3 Å². The van der Waals surface area contributed by atoms with E-state index in [2.05, 4.69) is 29.6 Å². The van der Waals surface area contributed by atoms with E-state index in [1.54, 1.807) is 0 Å². The number of nitrogens with zero attached hydrogens (tertiary/aromatic N) is 1. The molecule has 60 valence electrons. The molecular weight excluding hydrogens is 306 g/mol. The summed E-state index contributed by atoms with van der Waals surface area (Å²) in [5, 5.41) is 4.03. The number of rotatable bonds is 3. The summed E-state index contributed by atoms with van der Waals surface area (Å²) in [6, 6.07) is 10.4. The normalized spacial score (nSPS) is 8.82. The molecule has 11 heavy (non-hydrogen) atoms. The fourth-order valence-corrected chi connectivity index (χ4v) is 0.886. The summed E-state index contributed by atoms with van der Waals surface area (Å²) < 4.78 is 0. The molecule has 0 aromatic heterocycles. The molecule has 1 aromatic carbocycles. The zero-order valence-electron chi connectivity index (χ0n) is 6.66. The second-order valence-electron chi connectivity index (χ2n) is 2.28. The van der Waals surface area contributed by atoms with E-state index in [0.29, 0.717) is 0 Å². The maximum absolute atomic E-state index is 4.03. The Hall–Kier alpha value is -0.132. The number of benzene rings is 1. The SMILES string of the molecule is C[N-]CCc1ccccc1.[W]. The van der Waals surface area contributed by atoms with E-state index in [0.717, 1.165) is 13.0 Å². The summed E-state index contributed by atoms with van der Waals surface area (Å²) in [5.74, 6) is 0. The van der Waals surface area contributed by atoms with Gasteiger partial charge in [0.15, 0.2) is 0 Å². The first kappa shape index (κ1) is 10.9.